The van der Waals surface area contributed by atoms with Crippen molar-refractivity contribution in [3.8, 4) is 5.69 Å². The molecule has 0 radical (unpaired) electrons. The van der Waals surface area contributed by atoms with Crippen LogP contribution in [0.2, 0.25) is 0 Å². The number of nitrogens with zero attached hydrogens (tertiary/aromatic N) is 1. The molecule has 0 bridgehead atoms. The standard InChI is InChI=1S/C28H30F3N/c1-13-10-11-22(28(29,30)31)12-23(13)32-26-20(8)16(4)14(2)18(6)24(26)25-19(7)15(3)17(5)21(9)27(25)32/h10-12H,1-9H3. The molecule has 0 atom stereocenters. The highest BCUT2D eigenvalue weighted by Gasteiger charge is 2.32. The van der Waals surface area contributed by atoms with Crippen LogP contribution in [0.1, 0.15) is 55.6 Å². The molecule has 0 N–H and O–H groups in total. The van der Waals surface area contributed by atoms with Crippen molar-refractivity contribution < 1.29 is 13.2 Å². The first-order chi connectivity index (χ1) is 14.8. The molecule has 4 heteroatoms. The Morgan fingerprint density at radius 1 is 0.562 bits per heavy atom. The molecule has 0 aliphatic heterocycles. The van der Waals surface area contributed by atoms with Crippen LogP contribution < -0.4 is 0 Å². The van der Waals surface area contributed by atoms with Crippen molar-refractivity contribution in [2.24, 2.45) is 0 Å². The van der Waals surface area contributed by atoms with Crippen molar-refractivity contribution in [3.63, 3.8) is 0 Å². The Kier molecular flexibility index (Phi) is 5.00. The van der Waals surface area contributed by atoms with E-state index in [9.17, 15) is 13.2 Å². The summed E-state index contributed by atoms with van der Waals surface area (Å²) in [5.41, 5.74) is 12.3. The topological polar surface area (TPSA) is 4.93 Å². The fourth-order valence-electron chi connectivity index (χ4n) is 5.14. The Hall–Kier alpha value is -2.75. The summed E-state index contributed by atoms with van der Waals surface area (Å²) in [7, 11) is 0. The van der Waals surface area contributed by atoms with Gasteiger partial charge in [0.1, 0.15) is 0 Å². The van der Waals surface area contributed by atoms with Crippen LogP contribution in [0.25, 0.3) is 27.5 Å². The van der Waals surface area contributed by atoms with Gasteiger partial charge in [-0.2, -0.15) is 13.2 Å². The Morgan fingerprint density at radius 2 is 0.969 bits per heavy atom. The minimum atomic E-state index is -4.39. The fraction of sp³-hybridized carbons (Fsp3) is 0.357. The quantitative estimate of drug-likeness (QED) is 0.281. The molecule has 1 heterocycles. The second-order valence-electron chi connectivity index (χ2n) is 9.28. The predicted octanol–water partition coefficient (Wildman–Crippen LogP) is 8.58. The molecule has 0 amide bonds. The summed E-state index contributed by atoms with van der Waals surface area (Å²) in [5, 5.41) is 2.31. The highest BCUT2D eigenvalue weighted by atomic mass is 19.4. The summed E-state index contributed by atoms with van der Waals surface area (Å²) < 4.78 is 43.1. The van der Waals surface area contributed by atoms with Crippen LogP contribution in [0, 0.1) is 62.3 Å². The van der Waals surface area contributed by atoms with Crippen LogP contribution in [0.5, 0.6) is 0 Å². The van der Waals surface area contributed by atoms with E-state index >= 15 is 0 Å². The molecule has 4 aromatic rings. The second kappa shape index (κ2) is 7.13. The van der Waals surface area contributed by atoms with E-state index in [2.05, 4.69) is 60.0 Å². The highest BCUT2D eigenvalue weighted by Crippen LogP contribution is 2.44. The van der Waals surface area contributed by atoms with E-state index in [0.29, 0.717) is 5.69 Å². The summed E-state index contributed by atoms with van der Waals surface area (Å²) in [5.74, 6) is 0. The zero-order valence-corrected chi connectivity index (χ0v) is 20.3. The molecule has 168 valence electrons. The maximum Gasteiger partial charge on any atom is 0.416 e. The van der Waals surface area contributed by atoms with E-state index in [4.69, 9.17) is 0 Å². The van der Waals surface area contributed by atoms with E-state index in [1.54, 1.807) is 6.07 Å². The molecule has 1 aromatic heterocycles. The number of halogens is 3. The molecule has 0 unspecified atom stereocenters. The molecule has 1 nitrogen and oxygen atoms in total. The van der Waals surface area contributed by atoms with Crippen molar-refractivity contribution in [2.75, 3.05) is 0 Å². The molecule has 0 aliphatic carbocycles. The van der Waals surface area contributed by atoms with Gasteiger partial charge in [-0.05, 0) is 125 Å². The molecule has 0 saturated carbocycles. The lowest BCUT2D eigenvalue weighted by molar-refractivity contribution is -0.137. The summed E-state index contributed by atoms with van der Waals surface area (Å²) in [6, 6.07) is 4.07. The molecule has 32 heavy (non-hydrogen) atoms. The fourth-order valence-corrected chi connectivity index (χ4v) is 5.14. The number of aromatic nitrogens is 1. The van der Waals surface area contributed by atoms with Crippen LogP contribution in [0.3, 0.4) is 0 Å². The number of fused-ring (bicyclic) bond motifs is 3. The summed E-state index contributed by atoms with van der Waals surface area (Å²) in [6.45, 7) is 18.8. The van der Waals surface area contributed by atoms with Gasteiger partial charge in [-0.3, -0.25) is 0 Å². The Bertz CT molecular complexity index is 1360. The average molecular weight is 438 g/mol. The maximum absolute atomic E-state index is 13.7. The summed E-state index contributed by atoms with van der Waals surface area (Å²) in [6.07, 6.45) is -4.39. The van der Waals surface area contributed by atoms with E-state index in [0.717, 1.165) is 38.5 Å². The third kappa shape index (κ3) is 2.92. The lowest BCUT2D eigenvalue weighted by atomic mass is 9.90. The van der Waals surface area contributed by atoms with E-state index in [1.165, 1.54) is 45.5 Å². The number of rotatable bonds is 1. The largest absolute Gasteiger partial charge is 0.416 e. The van der Waals surface area contributed by atoms with E-state index in [-0.39, 0.29) is 0 Å². The molecule has 0 saturated heterocycles. The first-order valence-corrected chi connectivity index (χ1v) is 11.0. The minimum Gasteiger partial charge on any atom is -0.308 e. The van der Waals surface area contributed by atoms with Gasteiger partial charge in [0.2, 0.25) is 0 Å². The van der Waals surface area contributed by atoms with E-state index < -0.39 is 11.7 Å². The lowest BCUT2D eigenvalue weighted by Crippen LogP contribution is -2.08. The van der Waals surface area contributed by atoms with Gasteiger partial charge in [-0.15, -0.1) is 0 Å². The van der Waals surface area contributed by atoms with Gasteiger partial charge in [-0.1, -0.05) is 6.07 Å². The number of hydrogen-bond donors (Lipinski definition) is 0. The van der Waals surface area contributed by atoms with Gasteiger partial charge in [0.15, 0.2) is 0 Å². The minimum absolute atomic E-state index is 0.594. The average Bonchev–Trinajstić information content (AvgIpc) is 3.09. The summed E-state index contributed by atoms with van der Waals surface area (Å²) in [4.78, 5) is 0. The smallest absolute Gasteiger partial charge is 0.308 e. The van der Waals surface area contributed by atoms with Crippen molar-refractivity contribution in [1.82, 2.24) is 4.57 Å². The van der Waals surface area contributed by atoms with Crippen molar-refractivity contribution >= 4 is 21.8 Å². The lowest BCUT2D eigenvalue weighted by Gasteiger charge is -2.19. The van der Waals surface area contributed by atoms with Gasteiger partial charge in [0.05, 0.1) is 16.6 Å². The van der Waals surface area contributed by atoms with Gasteiger partial charge < -0.3 is 4.57 Å². The van der Waals surface area contributed by atoms with Crippen molar-refractivity contribution in [3.05, 3.63) is 73.8 Å². The predicted molar refractivity (Wildman–Crippen MR) is 128 cm³/mol. The van der Waals surface area contributed by atoms with Gasteiger partial charge in [-0.25, -0.2) is 0 Å². The molecular weight excluding hydrogens is 407 g/mol. The highest BCUT2D eigenvalue weighted by molar-refractivity contribution is 6.15. The Labute approximate surface area is 187 Å². The van der Waals surface area contributed by atoms with Gasteiger partial charge >= 0.3 is 6.18 Å². The second-order valence-corrected chi connectivity index (χ2v) is 9.28. The van der Waals surface area contributed by atoms with E-state index in [1.807, 2.05) is 6.92 Å². The molecule has 4 rings (SSSR count). The number of alkyl halides is 3. The zero-order chi connectivity index (χ0) is 23.9. The first-order valence-electron chi connectivity index (χ1n) is 11.0. The molecule has 0 fully saturated rings. The third-order valence-electron chi connectivity index (χ3n) is 7.78. The monoisotopic (exact) mass is 437 g/mol. The van der Waals surface area contributed by atoms with Crippen LogP contribution in [-0.2, 0) is 6.18 Å². The zero-order valence-electron chi connectivity index (χ0n) is 20.3. The van der Waals surface area contributed by atoms with Crippen molar-refractivity contribution in [2.45, 2.75) is 68.5 Å². The maximum atomic E-state index is 13.7. The van der Waals surface area contributed by atoms with Crippen LogP contribution in [-0.4, -0.2) is 4.57 Å². The number of hydrogen-bond acceptors (Lipinski definition) is 0. The van der Waals surface area contributed by atoms with Gasteiger partial charge in [0, 0.05) is 16.5 Å². The Morgan fingerprint density at radius 3 is 1.38 bits per heavy atom. The summed E-state index contributed by atoms with van der Waals surface area (Å²) >= 11 is 0. The van der Waals surface area contributed by atoms with Crippen LogP contribution in [0.15, 0.2) is 18.2 Å². The SMILES string of the molecule is Cc1ccc(C(F)(F)F)cc1-n1c2c(C)c(C)c(C)c(C)c2c2c(C)c(C)c(C)c(C)c21. The molecule has 0 spiro atoms. The van der Waals surface area contributed by atoms with Gasteiger partial charge in [0.25, 0.3) is 0 Å². The van der Waals surface area contributed by atoms with Crippen molar-refractivity contribution in [1.29, 1.82) is 0 Å². The molecule has 0 aliphatic rings. The normalized spacial score (nSPS) is 12.4. The Balaban J connectivity index is 2.39. The van der Waals surface area contributed by atoms with Crippen LogP contribution >= 0.6 is 0 Å². The molecule has 3 aromatic carbocycles. The number of aryl methyl sites for hydroxylation is 5. The third-order valence-corrected chi connectivity index (χ3v) is 7.78. The van der Waals surface area contributed by atoms with Crippen LogP contribution in [0.4, 0.5) is 13.2 Å². The number of benzene rings is 3. The first kappa shape index (κ1) is 22.4. The molecular formula is C28H30F3N.